The van der Waals surface area contributed by atoms with Gasteiger partial charge in [-0.15, -0.1) is 5.10 Å². The second-order valence-corrected chi connectivity index (χ2v) is 7.81. The van der Waals surface area contributed by atoms with Gasteiger partial charge in [-0.3, -0.25) is 0 Å². The van der Waals surface area contributed by atoms with E-state index in [2.05, 4.69) is 63.4 Å². The van der Waals surface area contributed by atoms with Crippen molar-refractivity contribution in [1.82, 2.24) is 24.5 Å². The van der Waals surface area contributed by atoms with E-state index in [1.54, 1.807) is 0 Å². The normalized spacial score (nSPS) is 16.3. The predicted octanol–water partition coefficient (Wildman–Crippen LogP) is 4.16. The van der Waals surface area contributed by atoms with Crippen molar-refractivity contribution in [2.75, 3.05) is 13.2 Å². The second-order valence-electron chi connectivity index (χ2n) is 7.81. The van der Waals surface area contributed by atoms with Crippen LogP contribution in [0.25, 0.3) is 22.3 Å². The second kappa shape index (κ2) is 7.44. The molecule has 1 saturated heterocycles. The van der Waals surface area contributed by atoms with Gasteiger partial charge in [-0.2, -0.15) is 0 Å². The SMILES string of the molecule is Cc1nnn(C)c1-c1ccc2ncn([C@H](c3ccccc3)C3CCOCC3)c2c1. The first-order valence-corrected chi connectivity index (χ1v) is 10.2. The quantitative estimate of drug-likeness (QED) is 0.528. The van der Waals surface area contributed by atoms with Crippen LogP contribution in [-0.4, -0.2) is 37.8 Å². The summed E-state index contributed by atoms with van der Waals surface area (Å²) in [7, 11) is 1.94. The summed E-state index contributed by atoms with van der Waals surface area (Å²) < 4.78 is 9.83. The number of nitrogens with zero attached hydrogens (tertiary/aromatic N) is 5. The maximum atomic E-state index is 5.64. The van der Waals surface area contributed by atoms with Gasteiger partial charge in [0.1, 0.15) is 0 Å². The molecule has 29 heavy (non-hydrogen) atoms. The van der Waals surface area contributed by atoms with Gasteiger partial charge >= 0.3 is 0 Å². The van der Waals surface area contributed by atoms with Gasteiger partial charge in [-0.1, -0.05) is 41.6 Å². The Bertz CT molecular complexity index is 1110. The Balaban J connectivity index is 1.66. The highest BCUT2D eigenvalue weighted by molar-refractivity contribution is 5.82. The summed E-state index contributed by atoms with van der Waals surface area (Å²) >= 11 is 0. The highest BCUT2D eigenvalue weighted by atomic mass is 16.5. The molecule has 0 saturated carbocycles. The Morgan fingerprint density at radius 3 is 2.59 bits per heavy atom. The van der Waals surface area contributed by atoms with Crippen LogP contribution in [0.5, 0.6) is 0 Å². The fourth-order valence-electron chi connectivity index (χ4n) is 4.59. The summed E-state index contributed by atoms with van der Waals surface area (Å²) in [5.74, 6) is 0.521. The molecule has 0 spiro atoms. The zero-order valence-electron chi connectivity index (χ0n) is 16.8. The molecule has 1 aliphatic rings. The van der Waals surface area contributed by atoms with Crippen LogP contribution in [0.1, 0.15) is 30.1 Å². The summed E-state index contributed by atoms with van der Waals surface area (Å²) in [5, 5.41) is 8.38. The van der Waals surface area contributed by atoms with Crippen LogP contribution >= 0.6 is 0 Å². The first-order valence-electron chi connectivity index (χ1n) is 10.2. The molecule has 3 heterocycles. The number of hydrogen-bond donors (Lipinski definition) is 0. The highest BCUT2D eigenvalue weighted by Crippen LogP contribution is 2.36. The van der Waals surface area contributed by atoms with Crippen LogP contribution in [0.2, 0.25) is 0 Å². The molecule has 148 valence electrons. The molecule has 0 amide bonds. The zero-order valence-corrected chi connectivity index (χ0v) is 16.8. The summed E-state index contributed by atoms with van der Waals surface area (Å²) in [4.78, 5) is 4.72. The van der Waals surface area contributed by atoms with Gasteiger partial charge in [-0.25, -0.2) is 9.67 Å². The fraction of sp³-hybridized carbons (Fsp3) is 0.348. The van der Waals surface area contributed by atoms with Gasteiger partial charge in [0.25, 0.3) is 0 Å². The maximum Gasteiger partial charge on any atom is 0.0964 e. The number of aromatic nitrogens is 5. The van der Waals surface area contributed by atoms with Crippen molar-refractivity contribution in [2.24, 2.45) is 13.0 Å². The molecule has 0 radical (unpaired) electrons. The molecule has 2 aromatic heterocycles. The van der Waals surface area contributed by atoms with E-state index in [1.807, 2.05) is 25.0 Å². The molecule has 4 aromatic rings. The minimum atomic E-state index is 0.242. The summed E-state index contributed by atoms with van der Waals surface area (Å²) in [6.07, 6.45) is 4.11. The lowest BCUT2D eigenvalue weighted by molar-refractivity contribution is 0.0547. The molecule has 1 fully saturated rings. The molecular formula is C23H25N5O. The van der Waals surface area contributed by atoms with Crippen LogP contribution in [-0.2, 0) is 11.8 Å². The molecule has 6 nitrogen and oxygen atoms in total. The molecule has 0 unspecified atom stereocenters. The Kier molecular flexibility index (Phi) is 4.64. The van der Waals surface area contributed by atoms with Crippen molar-refractivity contribution in [3.63, 3.8) is 0 Å². The van der Waals surface area contributed by atoms with Gasteiger partial charge in [0.15, 0.2) is 0 Å². The Labute approximate surface area is 170 Å². The number of hydrogen-bond acceptors (Lipinski definition) is 4. The molecule has 1 atom stereocenters. The Morgan fingerprint density at radius 1 is 1.07 bits per heavy atom. The lowest BCUT2D eigenvalue weighted by Crippen LogP contribution is -2.26. The first-order chi connectivity index (χ1) is 14.2. The third kappa shape index (κ3) is 3.23. The van der Waals surface area contributed by atoms with Gasteiger partial charge < -0.3 is 9.30 Å². The predicted molar refractivity (Wildman–Crippen MR) is 113 cm³/mol. The number of fused-ring (bicyclic) bond motifs is 1. The van der Waals surface area contributed by atoms with E-state index in [0.29, 0.717) is 5.92 Å². The molecule has 6 heteroatoms. The molecule has 2 aromatic carbocycles. The average molecular weight is 387 g/mol. The molecule has 5 rings (SSSR count). The lowest BCUT2D eigenvalue weighted by atomic mass is 9.86. The van der Waals surface area contributed by atoms with Crippen molar-refractivity contribution in [1.29, 1.82) is 0 Å². The van der Waals surface area contributed by atoms with E-state index < -0.39 is 0 Å². The summed E-state index contributed by atoms with van der Waals surface area (Å²) in [6.45, 7) is 3.65. The van der Waals surface area contributed by atoms with Gasteiger partial charge in [0.2, 0.25) is 0 Å². The van der Waals surface area contributed by atoms with E-state index in [9.17, 15) is 0 Å². The third-order valence-corrected chi connectivity index (χ3v) is 6.00. The van der Waals surface area contributed by atoms with Crippen molar-refractivity contribution >= 4 is 11.0 Å². The smallest absolute Gasteiger partial charge is 0.0964 e. The van der Waals surface area contributed by atoms with Crippen LogP contribution in [0.3, 0.4) is 0 Å². The van der Waals surface area contributed by atoms with E-state index >= 15 is 0 Å². The topological polar surface area (TPSA) is 57.8 Å². The zero-order chi connectivity index (χ0) is 19.8. The van der Waals surface area contributed by atoms with E-state index in [4.69, 9.17) is 9.72 Å². The van der Waals surface area contributed by atoms with Gasteiger partial charge in [0.05, 0.1) is 34.8 Å². The summed E-state index contributed by atoms with van der Waals surface area (Å²) in [6, 6.07) is 17.4. The fourth-order valence-corrected chi connectivity index (χ4v) is 4.59. The molecule has 0 N–H and O–H groups in total. The number of rotatable bonds is 4. The van der Waals surface area contributed by atoms with E-state index in [-0.39, 0.29) is 6.04 Å². The minimum Gasteiger partial charge on any atom is -0.381 e. The number of imidazole rings is 1. The average Bonchev–Trinajstić information content (AvgIpc) is 3.32. The molecule has 0 bridgehead atoms. The molecular weight excluding hydrogens is 362 g/mol. The Hall–Kier alpha value is -2.99. The largest absolute Gasteiger partial charge is 0.381 e. The van der Waals surface area contributed by atoms with E-state index in [1.165, 1.54) is 5.56 Å². The molecule has 0 aliphatic carbocycles. The standard InChI is InChI=1S/C23H25N5O/c1-16-22(27(2)26-25-16)19-8-9-20-21(14-19)28(15-24-20)23(17-6-4-3-5-7-17)18-10-12-29-13-11-18/h3-9,14-15,18,23H,10-13H2,1-2H3/t23-/m1/s1. The maximum absolute atomic E-state index is 5.64. The minimum absolute atomic E-state index is 0.242. The number of benzene rings is 2. The first kappa shape index (κ1) is 18.1. The van der Waals surface area contributed by atoms with Crippen LogP contribution in [0, 0.1) is 12.8 Å². The highest BCUT2D eigenvalue weighted by Gasteiger charge is 2.28. The van der Waals surface area contributed by atoms with Crippen molar-refractivity contribution in [3.8, 4) is 11.3 Å². The number of ether oxygens (including phenoxy) is 1. The van der Waals surface area contributed by atoms with Crippen molar-refractivity contribution in [2.45, 2.75) is 25.8 Å². The van der Waals surface area contributed by atoms with Gasteiger partial charge in [0, 0.05) is 25.8 Å². The lowest BCUT2D eigenvalue weighted by Gasteiger charge is -2.32. The van der Waals surface area contributed by atoms with E-state index in [0.717, 1.165) is 54.0 Å². The van der Waals surface area contributed by atoms with Crippen LogP contribution in [0.15, 0.2) is 54.9 Å². The Morgan fingerprint density at radius 2 is 1.86 bits per heavy atom. The number of aryl methyl sites for hydroxylation is 2. The van der Waals surface area contributed by atoms with Crippen LogP contribution in [0.4, 0.5) is 0 Å². The van der Waals surface area contributed by atoms with Crippen molar-refractivity contribution < 1.29 is 4.74 Å². The monoisotopic (exact) mass is 387 g/mol. The van der Waals surface area contributed by atoms with Crippen molar-refractivity contribution in [3.05, 3.63) is 66.1 Å². The van der Waals surface area contributed by atoms with Crippen LogP contribution < -0.4 is 0 Å². The third-order valence-electron chi connectivity index (χ3n) is 6.00. The summed E-state index contributed by atoms with van der Waals surface area (Å²) in [5.41, 5.74) is 6.56. The van der Waals surface area contributed by atoms with Gasteiger partial charge in [-0.05, 0) is 43.4 Å². The molecule has 1 aliphatic heterocycles.